The van der Waals surface area contributed by atoms with E-state index in [2.05, 4.69) is 5.10 Å². The fourth-order valence-corrected chi connectivity index (χ4v) is 3.41. The average Bonchev–Trinajstić information content (AvgIpc) is 3.02. The Morgan fingerprint density at radius 2 is 2.17 bits per heavy atom. The van der Waals surface area contributed by atoms with Crippen LogP contribution in [0.1, 0.15) is 28.9 Å². The second-order valence-electron chi connectivity index (χ2n) is 6.12. The summed E-state index contributed by atoms with van der Waals surface area (Å²) in [7, 11) is 3.40. The Bertz CT molecular complexity index is 716. The van der Waals surface area contributed by atoms with E-state index in [-0.39, 0.29) is 23.9 Å². The summed E-state index contributed by atoms with van der Waals surface area (Å²) in [5, 5.41) is 4.07. The number of hydrogen-bond donors (Lipinski definition) is 0. The van der Waals surface area contributed by atoms with Gasteiger partial charge in [0.25, 0.3) is 5.91 Å². The lowest BCUT2D eigenvalue weighted by molar-refractivity contribution is -0.0124. The van der Waals surface area contributed by atoms with Crippen molar-refractivity contribution in [2.75, 3.05) is 13.7 Å². The lowest BCUT2D eigenvalue weighted by Crippen LogP contribution is -2.53. The number of benzene rings is 1. The molecule has 0 bridgehead atoms. The maximum absolute atomic E-state index is 14.1. The number of methoxy groups -OCH3 is 1. The number of ether oxygens (including phenoxy) is 1. The number of carbonyl (C=O) groups excluding carboxylic acids is 1. The van der Waals surface area contributed by atoms with Crippen LogP contribution in [0.4, 0.5) is 4.39 Å². The van der Waals surface area contributed by atoms with Crippen molar-refractivity contribution in [3.63, 3.8) is 0 Å². The number of hydrogen-bond acceptors (Lipinski definition) is 3. The first-order valence-corrected chi connectivity index (χ1v) is 8.17. The number of nitrogens with zero attached hydrogens (tertiary/aromatic N) is 3. The molecule has 0 aliphatic carbocycles. The minimum Gasteiger partial charge on any atom is -0.379 e. The Labute approximate surface area is 141 Å². The molecule has 24 heavy (non-hydrogen) atoms. The van der Waals surface area contributed by atoms with Gasteiger partial charge in [-0.3, -0.25) is 9.48 Å². The number of rotatable bonds is 4. The Morgan fingerprint density at radius 3 is 2.83 bits per heavy atom. The number of likely N-dealkylation sites (tertiary alicyclic amines) is 1. The van der Waals surface area contributed by atoms with Gasteiger partial charge in [-0.05, 0) is 37.0 Å². The van der Waals surface area contributed by atoms with Crippen LogP contribution in [0.25, 0.3) is 0 Å². The Balaban J connectivity index is 1.89. The second-order valence-corrected chi connectivity index (χ2v) is 6.12. The van der Waals surface area contributed by atoms with Crippen molar-refractivity contribution in [1.29, 1.82) is 0 Å². The Hall–Kier alpha value is -2.21. The highest BCUT2D eigenvalue weighted by molar-refractivity contribution is 5.92. The molecule has 5 nitrogen and oxygen atoms in total. The molecule has 6 heteroatoms. The third-order valence-electron chi connectivity index (χ3n) is 4.71. The molecule has 0 spiro atoms. The van der Waals surface area contributed by atoms with E-state index in [9.17, 15) is 9.18 Å². The quantitative estimate of drug-likeness (QED) is 0.864. The van der Waals surface area contributed by atoms with E-state index in [1.54, 1.807) is 48.1 Å². The van der Waals surface area contributed by atoms with Crippen molar-refractivity contribution >= 4 is 5.91 Å². The molecule has 2 aromatic rings. The van der Waals surface area contributed by atoms with Crippen LogP contribution in [0.3, 0.4) is 0 Å². The van der Waals surface area contributed by atoms with Crippen LogP contribution in [-0.4, -0.2) is 46.4 Å². The fourth-order valence-electron chi connectivity index (χ4n) is 3.41. The van der Waals surface area contributed by atoms with Crippen LogP contribution in [0.15, 0.2) is 36.5 Å². The lowest BCUT2D eigenvalue weighted by atomic mass is 9.92. The van der Waals surface area contributed by atoms with Crippen LogP contribution in [0.2, 0.25) is 0 Å². The summed E-state index contributed by atoms with van der Waals surface area (Å²) in [5.41, 5.74) is 1.14. The van der Waals surface area contributed by atoms with E-state index < -0.39 is 0 Å². The molecule has 0 saturated carbocycles. The van der Waals surface area contributed by atoms with E-state index >= 15 is 0 Å². The van der Waals surface area contributed by atoms with E-state index in [1.807, 2.05) is 6.07 Å². The molecule has 128 valence electrons. The summed E-state index contributed by atoms with van der Waals surface area (Å²) < 4.78 is 21.3. The zero-order valence-electron chi connectivity index (χ0n) is 14.0. The van der Waals surface area contributed by atoms with Crippen LogP contribution in [0, 0.1) is 5.82 Å². The van der Waals surface area contributed by atoms with Gasteiger partial charge < -0.3 is 9.64 Å². The van der Waals surface area contributed by atoms with Crippen LogP contribution < -0.4 is 0 Å². The highest BCUT2D eigenvalue weighted by Gasteiger charge is 2.36. The van der Waals surface area contributed by atoms with Gasteiger partial charge in [0.1, 0.15) is 11.5 Å². The highest BCUT2D eigenvalue weighted by Crippen LogP contribution is 2.26. The zero-order chi connectivity index (χ0) is 17.1. The van der Waals surface area contributed by atoms with E-state index in [4.69, 9.17) is 4.74 Å². The predicted molar refractivity (Wildman–Crippen MR) is 88.2 cm³/mol. The van der Waals surface area contributed by atoms with Gasteiger partial charge in [-0.15, -0.1) is 0 Å². The van der Waals surface area contributed by atoms with Crippen molar-refractivity contribution in [2.24, 2.45) is 7.05 Å². The molecule has 1 aromatic heterocycles. The molecular formula is C18H22FN3O2. The van der Waals surface area contributed by atoms with Crippen LogP contribution in [0.5, 0.6) is 0 Å². The fraction of sp³-hybridized carbons (Fsp3) is 0.444. The first-order chi connectivity index (χ1) is 11.6. The number of piperidine rings is 1. The van der Waals surface area contributed by atoms with Crippen molar-refractivity contribution < 1.29 is 13.9 Å². The largest absolute Gasteiger partial charge is 0.379 e. The summed E-state index contributed by atoms with van der Waals surface area (Å²) in [5.74, 6) is -0.330. The summed E-state index contributed by atoms with van der Waals surface area (Å²) in [6, 6.07) is 8.22. The molecule has 1 amide bonds. The monoisotopic (exact) mass is 331 g/mol. The molecule has 0 unspecified atom stereocenters. The smallest absolute Gasteiger partial charge is 0.272 e. The zero-order valence-corrected chi connectivity index (χ0v) is 14.0. The molecule has 1 aromatic carbocycles. The van der Waals surface area contributed by atoms with E-state index in [1.165, 1.54) is 6.07 Å². The average molecular weight is 331 g/mol. The lowest BCUT2D eigenvalue weighted by Gasteiger charge is -2.40. The van der Waals surface area contributed by atoms with Crippen molar-refractivity contribution in [1.82, 2.24) is 14.7 Å². The molecule has 0 N–H and O–H groups in total. The normalized spacial score (nSPS) is 21.0. The van der Waals surface area contributed by atoms with Crippen molar-refractivity contribution in [3.8, 4) is 0 Å². The number of amides is 1. The van der Waals surface area contributed by atoms with E-state index in [0.29, 0.717) is 24.2 Å². The van der Waals surface area contributed by atoms with Gasteiger partial charge in [0.2, 0.25) is 0 Å². The molecule has 0 radical (unpaired) electrons. The standard InChI is InChI=1S/C18H22FN3O2/c1-21-15(9-10-20-21)18(23)22-11-5-8-17(24-2)16(22)12-13-6-3-4-7-14(13)19/h3-4,6-7,9-10,16-17H,5,8,11-12H2,1-2H3/t16-,17-/m0/s1. The molecule has 1 aliphatic heterocycles. The van der Waals surface area contributed by atoms with Gasteiger partial charge in [0.05, 0.1) is 12.1 Å². The molecule has 2 atom stereocenters. The molecule has 2 heterocycles. The minimum atomic E-state index is -0.245. The first-order valence-electron chi connectivity index (χ1n) is 8.17. The maximum Gasteiger partial charge on any atom is 0.272 e. The summed E-state index contributed by atoms with van der Waals surface area (Å²) in [6.45, 7) is 0.642. The molecule has 1 saturated heterocycles. The molecule has 3 rings (SSSR count). The van der Waals surface area contributed by atoms with Gasteiger partial charge >= 0.3 is 0 Å². The SMILES string of the molecule is CO[C@H]1CCCN(C(=O)c2ccnn2C)[C@H]1Cc1ccccc1F. The number of halogens is 1. The third kappa shape index (κ3) is 3.19. The predicted octanol–water partition coefficient (Wildman–Crippen LogP) is 2.42. The first kappa shape index (κ1) is 16.6. The molecule has 1 fully saturated rings. The Morgan fingerprint density at radius 1 is 1.38 bits per heavy atom. The molecular weight excluding hydrogens is 309 g/mol. The van der Waals surface area contributed by atoms with Gasteiger partial charge in [0.15, 0.2) is 0 Å². The third-order valence-corrected chi connectivity index (χ3v) is 4.71. The number of aryl methyl sites for hydroxylation is 1. The summed E-state index contributed by atoms with van der Waals surface area (Å²) >= 11 is 0. The minimum absolute atomic E-state index is 0.0851. The summed E-state index contributed by atoms with van der Waals surface area (Å²) in [6.07, 6.45) is 3.68. The van der Waals surface area contributed by atoms with Crippen LogP contribution in [-0.2, 0) is 18.2 Å². The van der Waals surface area contributed by atoms with Crippen molar-refractivity contribution in [2.45, 2.75) is 31.4 Å². The molecule has 1 aliphatic rings. The maximum atomic E-state index is 14.1. The van der Waals surface area contributed by atoms with Crippen LogP contribution >= 0.6 is 0 Å². The second kappa shape index (κ2) is 7.13. The summed E-state index contributed by atoms with van der Waals surface area (Å²) in [4.78, 5) is 14.8. The van der Waals surface area contributed by atoms with E-state index in [0.717, 1.165) is 12.8 Å². The Kier molecular flexibility index (Phi) is 4.94. The number of carbonyl (C=O) groups is 1. The van der Waals surface area contributed by atoms with Gasteiger partial charge in [0, 0.05) is 26.9 Å². The van der Waals surface area contributed by atoms with Gasteiger partial charge in [-0.25, -0.2) is 4.39 Å². The highest BCUT2D eigenvalue weighted by atomic mass is 19.1. The van der Waals surface area contributed by atoms with Gasteiger partial charge in [-0.1, -0.05) is 18.2 Å². The number of aromatic nitrogens is 2. The topological polar surface area (TPSA) is 47.4 Å². The van der Waals surface area contributed by atoms with Gasteiger partial charge in [-0.2, -0.15) is 5.10 Å². The van der Waals surface area contributed by atoms with Crippen molar-refractivity contribution in [3.05, 3.63) is 53.6 Å².